The van der Waals surface area contributed by atoms with Gasteiger partial charge in [0.1, 0.15) is 12.7 Å². The summed E-state index contributed by atoms with van der Waals surface area (Å²) in [5, 5.41) is 27.7. The Hall–Kier alpha value is -7.49. The number of ether oxygens (including phenoxy) is 5. The molecule has 2 N–H and O–H groups in total. The van der Waals surface area contributed by atoms with Gasteiger partial charge in [-0.2, -0.15) is 0 Å². The fourth-order valence-corrected chi connectivity index (χ4v) is 9.28. The maximum absolute atomic E-state index is 14.6. The van der Waals surface area contributed by atoms with Crippen molar-refractivity contribution in [2.45, 2.75) is 64.6 Å². The molecule has 0 aromatic heterocycles. The third-order valence-electron chi connectivity index (χ3n) is 12.1. The van der Waals surface area contributed by atoms with Crippen molar-refractivity contribution in [3.8, 4) is 11.5 Å². The molecule has 0 saturated heterocycles. The zero-order valence-corrected chi connectivity index (χ0v) is 40.8. The van der Waals surface area contributed by atoms with Crippen molar-refractivity contribution in [2.75, 3.05) is 53.2 Å². The lowest BCUT2D eigenvalue weighted by atomic mass is 9.73. The van der Waals surface area contributed by atoms with Crippen LogP contribution in [-0.2, 0) is 29.3 Å². The van der Waals surface area contributed by atoms with Gasteiger partial charge in [0, 0.05) is 42.2 Å². The Labute approximate surface area is 409 Å². The molecule has 0 fully saturated rings. The quantitative estimate of drug-likeness (QED) is 0.0221. The summed E-state index contributed by atoms with van der Waals surface area (Å²) >= 11 is 0. The summed E-state index contributed by atoms with van der Waals surface area (Å²) < 4.78 is 28.7. The lowest BCUT2D eigenvalue weighted by Gasteiger charge is -2.54. The standard InChI is InChI=1S/C55H62N4O11/c1-8-67-51(61)48-38(4)56-45(50(52(62)68-9-2)49(48)39-23-22-30-43(33-39)59(64)65)35-57(53(63)69-10-3)37-54(5,6)58(34-44(60)36-70-47-32-21-20-31-46(47)66-7)55(40-24-14-11-15-25-40,41-26-16-12-17-27-41)42-28-18-13-19-29-42/h11-33,44,49,56,60H,8-10,34-37H2,1-7H3. The molecule has 15 nitrogen and oxygen atoms in total. The van der Waals surface area contributed by atoms with Crippen molar-refractivity contribution >= 4 is 23.7 Å². The number of methoxy groups -OCH3 is 1. The van der Waals surface area contributed by atoms with E-state index in [1.165, 1.54) is 23.1 Å². The maximum atomic E-state index is 14.6. The molecule has 5 aromatic carbocycles. The molecule has 1 aliphatic heterocycles. The molecular formula is C55H62N4O11. The molecule has 2 atom stereocenters. The van der Waals surface area contributed by atoms with Crippen LogP contribution in [0.4, 0.5) is 10.5 Å². The molecule has 1 heterocycles. The number of nitrogens with one attached hydrogen (secondary N) is 1. The van der Waals surface area contributed by atoms with Crippen LogP contribution in [0.1, 0.15) is 69.7 Å². The third-order valence-corrected chi connectivity index (χ3v) is 12.1. The predicted molar refractivity (Wildman–Crippen MR) is 265 cm³/mol. The first kappa shape index (κ1) is 51.9. The molecule has 70 heavy (non-hydrogen) atoms. The lowest BCUT2D eigenvalue weighted by molar-refractivity contribution is -0.384. The smallest absolute Gasteiger partial charge is 0.410 e. The first-order valence-corrected chi connectivity index (χ1v) is 23.3. The van der Waals surface area contributed by atoms with E-state index in [-0.39, 0.29) is 74.2 Å². The van der Waals surface area contributed by atoms with E-state index in [2.05, 4.69) is 10.2 Å². The minimum Gasteiger partial charge on any atom is -0.493 e. The van der Waals surface area contributed by atoms with Crippen LogP contribution in [0.15, 0.2) is 162 Å². The van der Waals surface area contributed by atoms with E-state index < -0.39 is 46.1 Å². The second kappa shape index (κ2) is 23.7. The number of rotatable bonds is 22. The van der Waals surface area contributed by atoms with Gasteiger partial charge in [-0.3, -0.25) is 15.0 Å². The zero-order valence-electron chi connectivity index (χ0n) is 40.8. The molecule has 5 aromatic rings. The molecule has 0 bridgehead atoms. The van der Waals surface area contributed by atoms with E-state index >= 15 is 0 Å². The van der Waals surface area contributed by atoms with Crippen molar-refractivity contribution in [1.29, 1.82) is 0 Å². The summed E-state index contributed by atoms with van der Waals surface area (Å²) in [6, 6.07) is 42.7. The van der Waals surface area contributed by atoms with Gasteiger partial charge in [0.2, 0.25) is 0 Å². The molecule has 0 aliphatic carbocycles. The number of esters is 2. The molecule has 6 rings (SSSR count). The Kier molecular flexibility index (Phi) is 17.6. The number of nitro benzene ring substituents is 1. The summed E-state index contributed by atoms with van der Waals surface area (Å²) in [7, 11) is 1.55. The van der Waals surface area contributed by atoms with Gasteiger partial charge in [0.25, 0.3) is 5.69 Å². The number of non-ortho nitro benzene ring substituents is 1. The van der Waals surface area contributed by atoms with Crippen LogP contribution in [0.5, 0.6) is 11.5 Å². The predicted octanol–water partition coefficient (Wildman–Crippen LogP) is 8.92. The first-order chi connectivity index (χ1) is 33.7. The van der Waals surface area contributed by atoms with Crippen molar-refractivity contribution in [1.82, 2.24) is 15.1 Å². The normalized spacial score (nSPS) is 14.3. The zero-order chi connectivity index (χ0) is 50.4. The van der Waals surface area contributed by atoms with E-state index in [1.54, 1.807) is 53.0 Å². The molecule has 0 spiro atoms. The number of nitrogens with zero attached hydrogens (tertiary/aromatic N) is 3. The van der Waals surface area contributed by atoms with Crippen LogP contribution in [-0.4, -0.2) is 103 Å². The summed E-state index contributed by atoms with van der Waals surface area (Å²) in [6.45, 7) is 10.1. The number of para-hydroxylation sites is 2. The number of hydrogen-bond acceptors (Lipinski definition) is 13. The molecule has 1 amide bonds. The van der Waals surface area contributed by atoms with E-state index in [9.17, 15) is 29.6 Å². The van der Waals surface area contributed by atoms with Gasteiger partial charge >= 0.3 is 18.0 Å². The number of dihydropyridines is 1. The van der Waals surface area contributed by atoms with Crippen LogP contribution in [0, 0.1) is 10.1 Å². The Bertz CT molecular complexity index is 2560. The van der Waals surface area contributed by atoms with Gasteiger partial charge in [-0.15, -0.1) is 0 Å². The lowest BCUT2D eigenvalue weighted by Crippen LogP contribution is -2.64. The highest BCUT2D eigenvalue weighted by atomic mass is 16.6. The Morgan fingerprint density at radius 3 is 1.76 bits per heavy atom. The fourth-order valence-electron chi connectivity index (χ4n) is 9.28. The van der Waals surface area contributed by atoms with Gasteiger partial charge in [0.15, 0.2) is 11.5 Å². The number of amides is 1. The number of allylic oxidation sites excluding steroid dienone is 1. The van der Waals surface area contributed by atoms with Gasteiger partial charge in [-0.05, 0) is 75.9 Å². The highest BCUT2D eigenvalue weighted by Gasteiger charge is 2.50. The minimum atomic E-state index is -1.21. The Morgan fingerprint density at radius 1 is 0.729 bits per heavy atom. The number of aliphatic hydroxyl groups is 1. The second-order valence-electron chi connectivity index (χ2n) is 17.2. The summed E-state index contributed by atoms with van der Waals surface area (Å²) in [5.74, 6) is -1.80. The molecule has 368 valence electrons. The van der Waals surface area contributed by atoms with Crippen molar-refractivity contribution in [2.24, 2.45) is 0 Å². The SMILES string of the molecule is CCOC(=O)C1=C(C)NC(CN(CC(C)(C)N(CC(O)COc2ccccc2OC)C(c2ccccc2)(c2ccccc2)c2ccccc2)C(=O)OCC)=C(C(=O)OCC)C1c1cccc([N+](=O)[O-])c1. The molecule has 0 saturated carbocycles. The Morgan fingerprint density at radius 2 is 1.24 bits per heavy atom. The number of nitro groups is 1. The number of benzene rings is 5. The number of carbonyl (C=O) groups is 3. The summed E-state index contributed by atoms with van der Waals surface area (Å²) in [6.07, 6.45) is -1.85. The topological polar surface area (TPSA) is 179 Å². The van der Waals surface area contributed by atoms with E-state index in [0.717, 1.165) is 16.7 Å². The highest BCUT2D eigenvalue weighted by Crippen LogP contribution is 2.47. The van der Waals surface area contributed by atoms with Crippen LogP contribution < -0.4 is 14.8 Å². The first-order valence-electron chi connectivity index (χ1n) is 23.3. The largest absolute Gasteiger partial charge is 0.493 e. The summed E-state index contributed by atoms with van der Waals surface area (Å²) in [4.78, 5) is 58.1. The Balaban J connectivity index is 1.56. The molecule has 2 unspecified atom stereocenters. The molecule has 1 aliphatic rings. The van der Waals surface area contributed by atoms with Gasteiger partial charge in [-0.25, -0.2) is 14.4 Å². The van der Waals surface area contributed by atoms with E-state index in [1.807, 2.05) is 117 Å². The van der Waals surface area contributed by atoms with Crippen LogP contribution in [0.3, 0.4) is 0 Å². The number of aliphatic hydroxyl groups excluding tert-OH is 1. The molecule has 15 heteroatoms. The van der Waals surface area contributed by atoms with Gasteiger partial charge in [0.05, 0.1) is 61.0 Å². The fraction of sp³-hybridized carbons (Fsp3) is 0.327. The minimum absolute atomic E-state index is 0.00781. The van der Waals surface area contributed by atoms with E-state index in [4.69, 9.17) is 23.7 Å². The van der Waals surface area contributed by atoms with Crippen LogP contribution in [0.2, 0.25) is 0 Å². The molecule has 0 radical (unpaired) electrons. The molecular weight excluding hydrogens is 893 g/mol. The van der Waals surface area contributed by atoms with Crippen molar-refractivity contribution in [3.05, 3.63) is 194 Å². The van der Waals surface area contributed by atoms with Crippen molar-refractivity contribution < 1.29 is 48.1 Å². The van der Waals surface area contributed by atoms with Gasteiger partial charge in [-0.1, -0.05) is 115 Å². The van der Waals surface area contributed by atoms with Crippen LogP contribution >= 0.6 is 0 Å². The second-order valence-corrected chi connectivity index (χ2v) is 17.2. The average Bonchev–Trinajstić information content (AvgIpc) is 3.36. The van der Waals surface area contributed by atoms with Crippen molar-refractivity contribution in [3.63, 3.8) is 0 Å². The summed E-state index contributed by atoms with van der Waals surface area (Å²) in [5.41, 5.74) is 0.859. The van der Waals surface area contributed by atoms with E-state index in [0.29, 0.717) is 17.2 Å². The number of hydrogen-bond donors (Lipinski definition) is 2. The van der Waals surface area contributed by atoms with Gasteiger partial charge < -0.3 is 39.0 Å². The monoisotopic (exact) mass is 954 g/mol. The number of β-amino-alcohol motifs (C(OH)–C–C–N with tert-alkyl or cyclic N) is 1. The number of carbonyl (C=O) groups excluding carboxylic acids is 3. The third kappa shape index (κ3) is 11.5. The van der Waals surface area contributed by atoms with Crippen LogP contribution in [0.25, 0.3) is 0 Å². The highest BCUT2D eigenvalue weighted by molar-refractivity contribution is 6.00. The maximum Gasteiger partial charge on any atom is 0.410 e. The average molecular weight is 955 g/mol.